The SMILES string of the molecule is Cc1ncc(CNC(=O)C2(CN)CCCCCC2)s1. The van der Waals surface area contributed by atoms with Gasteiger partial charge in [0, 0.05) is 17.6 Å². The van der Waals surface area contributed by atoms with Gasteiger partial charge in [-0.2, -0.15) is 0 Å². The number of carbonyl (C=O) groups is 1. The summed E-state index contributed by atoms with van der Waals surface area (Å²) in [5.74, 6) is 0.128. The predicted octanol–water partition coefficient (Wildman–Crippen LogP) is 2.37. The van der Waals surface area contributed by atoms with E-state index in [4.69, 9.17) is 5.73 Å². The van der Waals surface area contributed by atoms with Gasteiger partial charge in [-0.25, -0.2) is 4.98 Å². The number of nitrogens with one attached hydrogen (secondary N) is 1. The molecule has 1 fully saturated rings. The average Bonchev–Trinajstić information content (AvgIpc) is 2.69. The molecule has 0 bridgehead atoms. The van der Waals surface area contributed by atoms with Gasteiger partial charge in [-0.05, 0) is 19.8 Å². The van der Waals surface area contributed by atoms with Gasteiger partial charge in [0.2, 0.25) is 5.91 Å². The number of hydrogen-bond donors (Lipinski definition) is 2. The van der Waals surface area contributed by atoms with Gasteiger partial charge in [-0.1, -0.05) is 25.7 Å². The smallest absolute Gasteiger partial charge is 0.227 e. The fourth-order valence-corrected chi connectivity index (χ4v) is 3.51. The standard InChI is InChI=1S/C14H23N3OS/c1-11-16-8-12(19-11)9-17-13(18)14(10-15)6-4-2-3-5-7-14/h8H,2-7,9-10,15H2,1H3,(H,17,18). The van der Waals surface area contributed by atoms with Crippen LogP contribution in [0.15, 0.2) is 6.20 Å². The van der Waals surface area contributed by atoms with Crippen molar-refractivity contribution in [2.45, 2.75) is 52.0 Å². The van der Waals surface area contributed by atoms with Crippen molar-refractivity contribution in [3.05, 3.63) is 16.1 Å². The van der Waals surface area contributed by atoms with Gasteiger partial charge < -0.3 is 11.1 Å². The summed E-state index contributed by atoms with van der Waals surface area (Å²) in [4.78, 5) is 17.8. The molecule has 19 heavy (non-hydrogen) atoms. The molecule has 106 valence electrons. The van der Waals surface area contributed by atoms with E-state index in [9.17, 15) is 4.79 Å². The second-order valence-corrected chi connectivity index (χ2v) is 6.75. The van der Waals surface area contributed by atoms with Crippen molar-refractivity contribution in [3.8, 4) is 0 Å². The van der Waals surface area contributed by atoms with E-state index in [1.54, 1.807) is 11.3 Å². The highest BCUT2D eigenvalue weighted by Gasteiger charge is 2.36. The molecule has 3 N–H and O–H groups in total. The average molecular weight is 281 g/mol. The van der Waals surface area contributed by atoms with Crippen molar-refractivity contribution in [1.82, 2.24) is 10.3 Å². The molecule has 5 heteroatoms. The lowest BCUT2D eigenvalue weighted by Gasteiger charge is -2.29. The van der Waals surface area contributed by atoms with Crippen molar-refractivity contribution in [1.29, 1.82) is 0 Å². The number of aryl methyl sites for hydroxylation is 1. The zero-order valence-corrected chi connectivity index (χ0v) is 12.4. The maximum absolute atomic E-state index is 12.5. The molecule has 1 heterocycles. The van der Waals surface area contributed by atoms with Crippen LogP contribution >= 0.6 is 11.3 Å². The van der Waals surface area contributed by atoms with Crippen LogP contribution < -0.4 is 11.1 Å². The summed E-state index contributed by atoms with van der Waals surface area (Å²) in [6.45, 7) is 3.01. The molecule has 1 aromatic heterocycles. The molecule has 0 aromatic carbocycles. The van der Waals surface area contributed by atoms with Crippen LogP contribution in [0, 0.1) is 12.3 Å². The topological polar surface area (TPSA) is 68.0 Å². The molecule has 0 saturated heterocycles. The lowest BCUT2D eigenvalue weighted by Crippen LogP contribution is -2.45. The second kappa shape index (κ2) is 6.48. The van der Waals surface area contributed by atoms with Gasteiger partial charge in [-0.3, -0.25) is 4.79 Å². The lowest BCUT2D eigenvalue weighted by atomic mass is 9.79. The molecule has 1 aliphatic carbocycles. The van der Waals surface area contributed by atoms with E-state index in [1.807, 2.05) is 13.1 Å². The molecule has 1 aliphatic rings. The predicted molar refractivity (Wildman–Crippen MR) is 77.9 cm³/mol. The normalized spacial score (nSPS) is 18.8. The Bertz CT molecular complexity index is 422. The Hall–Kier alpha value is -0.940. The number of amides is 1. The largest absolute Gasteiger partial charge is 0.351 e. The van der Waals surface area contributed by atoms with E-state index in [0.29, 0.717) is 13.1 Å². The monoisotopic (exact) mass is 281 g/mol. The highest BCUT2D eigenvalue weighted by molar-refractivity contribution is 7.11. The first-order chi connectivity index (χ1) is 9.16. The number of aromatic nitrogens is 1. The number of nitrogens with two attached hydrogens (primary N) is 1. The van der Waals surface area contributed by atoms with Crippen LogP contribution in [0.4, 0.5) is 0 Å². The van der Waals surface area contributed by atoms with E-state index < -0.39 is 0 Å². The third-order valence-corrected chi connectivity index (χ3v) is 4.94. The van der Waals surface area contributed by atoms with Crippen LogP contribution in [-0.4, -0.2) is 17.4 Å². The van der Waals surface area contributed by atoms with E-state index >= 15 is 0 Å². The molecule has 0 atom stereocenters. The van der Waals surface area contributed by atoms with Gasteiger partial charge >= 0.3 is 0 Å². The maximum atomic E-state index is 12.5. The van der Waals surface area contributed by atoms with E-state index in [1.165, 1.54) is 12.8 Å². The molecule has 0 aliphatic heterocycles. The van der Waals surface area contributed by atoms with Gasteiger partial charge in [0.25, 0.3) is 0 Å². The number of carbonyl (C=O) groups excluding carboxylic acids is 1. The molecular weight excluding hydrogens is 258 g/mol. The molecule has 0 unspecified atom stereocenters. The van der Waals surface area contributed by atoms with Crippen molar-refractivity contribution in [2.75, 3.05) is 6.54 Å². The summed E-state index contributed by atoms with van der Waals surface area (Å²) >= 11 is 1.63. The first kappa shape index (κ1) is 14.5. The number of thiazole rings is 1. The minimum absolute atomic E-state index is 0.128. The quantitative estimate of drug-likeness (QED) is 0.833. The summed E-state index contributed by atoms with van der Waals surface area (Å²) < 4.78 is 0. The van der Waals surface area contributed by atoms with Crippen LogP contribution in [0.3, 0.4) is 0 Å². The summed E-state index contributed by atoms with van der Waals surface area (Å²) in [6, 6.07) is 0. The van der Waals surface area contributed by atoms with Gasteiger partial charge in [-0.15, -0.1) is 11.3 Å². The Morgan fingerprint density at radius 3 is 2.63 bits per heavy atom. The molecule has 1 amide bonds. The van der Waals surface area contributed by atoms with Gasteiger partial charge in [0.15, 0.2) is 0 Å². The maximum Gasteiger partial charge on any atom is 0.227 e. The number of rotatable bonds is 4. The Kier molecular flexibility index (Phi) is 4.93. The Balaban J connectivity index is 1.96. The summed E-state index contributed by atoms with van der Waals surface area (Å²) in [5, 5.41) is 4.09. The van der Waals surface area contributed by atoms with Gasteiger partial charge in [0.05, 0.1) is 17.0 Å². The summed E-state index contributed by atoms with van der Waals surface area (Å²) in [5.41, 5.74) is 5.57. The molecular formula is C14H23N3OS. The molecule has 0 radical (unpaired) electrons. The fraction of sp³-hybridized carbons (Fsp3) is 0.714. The van der Waals surface area contributed by atoms with Crippen LogP contribution in [0.25, 0.3) is 0 Å². The Morgan fingerprint density at radius 2 is 2.11 bits per heavy atom. The molecule has 2 rings (SSSR count). The van der Waals surface area contributed by atoms with Gasteiger partial charge in [0.1, 0.15) is 0 Å². The lowest BCUT2D eigenvalue weighted by molar-refractivity contribution is -0.131. The Labute approximate surface area is 118 Å². The zero-order valence-electron chi connectivity index (χ0n) is 11.6. The molecule has 4 nitrogen and oxygen atoms in total. The van der Waals surface area contributed by atoms with Crippen LogP contribution in [-0.2, 0) is 11.3 Å². The third-order valence-electron chi connectivity index (χ3n) is 4.03. The second-order valence-electron chi connectivity index (χ2n) is 5.43. The minimum Gasteiger partial charge on any atom is -0.351 e. The first-order valence-corrected chi connectivity index (χ1v) is 7.88. The minimum atomic E-state index is -0.337. The van der Waals surface area contributed by atoms with Crippen molar-refractivity contribution >= 4 is 17.2 Å². The van der Waals surface area contributed by atoms with Crippen LogP contribution in [0.5, 0.6) is 0 Å². The Morgan fingerprint density at radius 1 is 1.42 bits per heavy atom. The van der Waals surface area contributed by atoms with Crippen LogP contribution in [0.2, 0.25) is 0 Å². The third kappa shape index (κ3) is 3.54. The highest BCUT2D eigenvalue weighted by Crippen LogP contribution is 2.34. The van der Waals surface area contributed by atoms with Crippen molar-refractivity contribution < 1.29 is 4.79 Å². The van der Waals surface area contributed by atoms with E-state index in [-0.39, 0.29) is 11.3 Å². The first-order valence-electron chi connectivity index (χ1n) is 7.06. The number of hydrogen-bond acceptors (Lipinski definition) is 4. The van der Waals surface area contributed by atoms with Crippen LogP contribution in [0.1, 0.15) is 48.4 Å². The van der Waals surface area contributed by atoms with Crippen molar-refractivity contribution in [3.63, 3.8) is 0 Å². The molecule has 1 saturated carbocycles. The highest BCUT2D eigenvalue weighted by atomic mass is 32.1. The molecule has 0 spiro atoms. The summed E-state index contributed by atoms with van der Waals surface area (Å²) in [7, 11) is 0. The zero-order chi connectivity index (χ0) is 13.7. The van der Waals surface area contributed by atoms with Crippen molar-refractivity contribution in [2.24, 2.45) is 11.1 Å². The van der Waals surface area contributed by atoms with E-state index in [0.717, 1.165) is 35.6 Å². The summed E-state index contributed by atoms with van der Waals surface area (Å²) in [6.07, 6.45) is 8.37. The fourth-order valence-electron chi connectivity index (χ4n) is 2.77. The molecule has 1 aromatic rings. The number of nitrogens with zero attached hydrogens (tertiary/aromatic N) is 1. The van der Waals surface area contributed by atoms with E-state index in [2.05, 4.69) is 10.3 Å².